The fraction of sp³-hybridized carbons (Fsp3) is 0.538. The Hall–Kier alpha value is -1.21. The predicted molar refractivity (Wildman–Crippen MR) is 71.8 cm³/mol. The molecule has 1 amide bonds. The molecular weight excluding hydrogens is 286 g/mol. The third-order valence-corrected chi connectivity index (χ3v) is 4.09. The number of aliphatic hydroxyl groups is 1. The Kier molecular flexibility index (Phi) is 5.31. The van der Waals surface area contributed by atoms with Gasteiger partial charge in [-0.25, -0.2) is 4.98 Å². The van der Waals surface area contributed by atoms with Crippen LogP contribution in [-0.4, -0.2) is 46.4 Å². The van der Waals surface area contributed by atoms with Crippen LogP contribution in [0.5, 0.6) is 0 Å². The molecule has 1 saturated heterocycles. The number of hydrogen-bond donors (Lipinski definition) is 1. The largest absolute Gasteiger partial charge is 0.396 e. The van der Waals surface area contributed by atoms with Crippen LogP contribution in [0.15, 0.2) is 23.4 Å². The second-order valence-electron chi connectivity index (χ2n) is 4.65. The van der Waals surface area contributed by atoms with Crippen LogP contribution < -0.4 is 0 Å². The van der Waals surface area contributed by atoms with Gasteiger partial charge in [-0.3, -0.25) is 4.79 Å². The Morgan fingerprint density at radius 3 is 2.80 bits per heavy atom. The normalized spacial score (nSPS) is 16.7. The molecule has 0 radical (unpaired) electrons. The van der Waals surface area contributed by atoms with Crippen LogP contribution in [0, 0.1) is 5.92 Å². The first kappa shape index (κ1) is 15.2. The average molecular weight is 302 g/mol. The summed E-state index contributed by atoms with van der Waals surface area (Å²) in [7, 11) is 0. The Morgan fingerprint density at radius 1 is 1.50 bits per heavy atom. The van der Waals surface area contributed by atoms with Gasteiger partial charge in [0.15, 0.2) is 0 Å². The minimum Gasteiger partial charge on any atom is -0.396 e. The van der Waals surface area contributed by atoms with Gasteiger partial charge in [0.1, 0.15) is 5.03 Å². The van der Waals surface area contributed by atoms with Crippen LogP contribution in [0.4, 0.5) is 8.78 Å². The molecule has 0 atom stereocenters. The Labute approximate surface area is 120 Å². The van der Waals surface area contributed by atoms with Crippen LogP contribution in [0.25, 0.3) is 0 Å². The van der Waals surface area contributed by atoms with Crippen LogP contribution in [0.2, 0.25) is 0 Å². The van der Waals surface area contributed by atoms with E-state index in [1.165, 1.54) is 12.3 Å². The first-order valence-corrected chi connectivity index (χ1v) is 7.29. The maximum Gasteiger partial charge on any atom is 0.290 e. The smallest absolute Gasteiger partial charge is 0.290 e. The summed E-state index contributed by atoms with van der Waals surface area (Å²) in [4.78, 5) is 17.9. The van der Waals surface area contributed by atoms with Crippen molar-refractivity contribution < 1.29 is 18.7 Å². The van der Waals surface area contributed by atoms with Crippen molar-refractivity contribution in [2.75, 3.05) is 19.7 Å². The molecule has 2 rings (SSSR count). The highest BCUT2D eigenvalue weighted by atomic mass is 32.2. The lowest BCUT2D eigenvalue weighted by Crippen LogP contribution is -2.39. The van der Waals surface area contributed by atoms with Crippen molar-refractivity contribution in [2.45, 2.75) is 23.6 Å². The molecule has 2 heterocycles. The maximum absolute atomic E-state index is 12.5. The van der Waals surface area contributed by atoms with E-state index >= 15 is 0 Å². The second-order valence-corrected chi connectivity index (χ2v) is 5.63. The fourth-order valence-corrected chi connectivity index (χ4v) is 2.79. The van der Waals surface area contributed by atoms with Gasteiger partial charge in [0.05, 0.1) is 5.56 Å². The quantitative estimate of drug-likeness (QED) is 0.867. The summed E-state index contributed by atoms with van der Waals surface area (Å²) in [5.74, 6) is -2.64. The van der Waals surface area contributed by atoms with Crippen molar-refractivity contribution in [3.05, 3.63) is 23.9 Å². The molecule has 0 spiro atoms. The van der Waals surface area contributed by atoms with Crippen molar-refractivity contribution in [3.8, 4) is 0 Å². The Morgan fingerprint density at radius 2 is 2.20 bits per heavy atom. The van der Waals surface area contributed by atoms with Crippen molar-refractivity contribution in [1.82, 2.24) is 9.88 Å². The van der Waals surface area contributed by atoms with Crippen LogP contribution in [0.1, 0.15) is 23.2 Å². The predicted octanol–water partition coefficient (Wildman–Crippen LogP) is 2.24. The van der Waals surface area contributed by atoms with Gasteiger partial charge < -0.3 is 10.0 Å². The van der Waals surface area contributed by atoms with Crippen molar-refractivity contribution >= 4 is 17.7 Å². The first-order valence-electron chi connectivity index (χ1n) is 6.41. The number of aliphatic hydroxyl groups excluding tert-OH is 1. The highest BCUT2D eigenvalue weighted by Crippen LogP contribution is 2.28. The number of alkyl halides is 2. The number of halogens is 2. The molecular formula is C13H16F2N2O2S. The monoisotopic (exact) mass is 302 g/mol. The average Bonchev–Trinajstić information content (AvgIpc) is 2.46. The molecule has 0 unspecified atom stereocenters. The van der Waals surface area contributed by atoms with Gasteiger partial charge in [-0.05, 0) is 42.7 Å². The summed E-state index contributed by atoms with van der Waals surface area (Å²) in [6.45, 7) is 1.21. The van der Waals surface area contributed by atoms with E-state index in [-0.39, 0.29) is 29.0 Å². The SMILES string of the molecule is O=C(c1cccnc1SC(F)F)N1CCC(CO)CC1. The number of piperidine rings is 1. The molecule has 110 valence electrons. The maximum atomic E-state index is 12.5. The van der Waals surface area contributed by atoms with Gasteiger partial charge in [0.25, 0.3) is 11.7 Å². The third-order valence-electron chi connectivity index (χ3n) is 3.36. The summed E-state index contributed by atoms with van der Waals surface area (Å²) in [5, 5.41) is 9.14. The lowest BCUT2D eigenvalue weighted by Gasteiger charge is -2.31. The summed E-state index contributed by atoms with van der Waals surface area (Å²) in [5.41, 5.74) is 0.222. The van der Waals surface area contributed by atoms with Crippen molar-refractivity contribution in [3.63, 3.8) is 0 Å². The zero-order valence-corrected chi connectivity index (χ0v) is 11.7. The number of carbonyl (C=O) groups is 1. The number of nitrogens with zero attached hydrogens (tertiary/aromatic N) is 2. The van der Waals surface area contributed by atoms with E-state index in [1.807, 2.05) is 0 Å². The molecule has 0 aliphatic carbocycles. The van der Waals surface area contributed by atoms with Gasteiger partial charge in [-0.1, -0.05) is 0 Å². The fourth-order valence-electron chi connectivity index (χ4n) is 2.22. The van der Waals surface area contributed by atoms with E-state index in [1.54, 1.807) is 11.0 Å². The number of aromatic nitrogens is 1. The highest BCUT2D eigenvalue weighted by Gasteiger charge is 2.25. The topological polar surface area (TPSA) is 53.4 Å². The van der Waals surface area contributed by atoms with Gasteiger partial charge in [-0.2, -0.15) is 8.78 Å². The number of rotatable bonds is 4. The molecule has 20 heavy (non-hydrogen) atoms. The van der Waals surface area contributed by atoms with Crippen LogP contribution >= 0.6 is 11.8 Å². The molecule has 4 nitrogen and oxygen atoms in total. The Bertz CT molecular complexity index is 465. The van der Waals surface area contributed by atoms with E-state index in [9.17, 15) is 13.6 Å². The lowest BCUT2D eigenvalue weighted by molar-refractivity contribution is 0.0646. The molecule has 1 aromatic rings. The summed E-state index contributed by atoms with van der Waals surface area (Å²) < 4.78 is 24.9. The van der Waals surface area contributed by atoms with Crippen LogP contribution in [0.3, 0.4) is 0 Å². The third kappa shape index (κ3) is 3.67. The number of amides is 1. The number of hydrogen-bond acceptors (Lipinski definition) is 4. The molecule has 1 aliphatic rings. The second kappa shape index (κ2) is 6.99. The van der Waals surface area contributed by atoms with Gasteiger partial charge in [0.2, 0.25) is 0 Å². The highest BCUT2D eigenvalue weighted by molar-refractivity contribution is 7.99. The lowest BCUT2D eigenvalue weighted by atomic mass is 9.97. The van der Waals surface area contributed by atoms with E-state index < -0.39 is 5.76 Å². The first-order chi connectivity index (χ1) is 9.61. The van der Waals surface area contributed by atoms with Crippen molar-refractivity contribution in [2.24, 2.45) is 5.92 Å². The molecule has 0 bridgehead atoms. The molecule has 0 aromatic carbocycles. The summed E-state index contributed by atoms with van der Waals surface area (Å²) in [6, 6.07) is 3.10. The standard InChI is InChI=1S/C13H16F2N2O2S/c14-13(15)20-11-10(2-1-5-16-11)12(19)17-6-3-9(8-18)4-7-17/h1-2,5,9,13,18H,3-4,6-8H2. The summed E-state index contributed by atoms with van der Waals surface area (Å²) in [6.07, 6.45) is 2.87. The molecule has 1 aliphatic heterocycles. The van der Waals surface area contributed by atoms with Gasteiger partial charge in [-0.15, -0.1) is 0 Å². The molecule has 0 saturated carbocycles. The number of pyridine rings is 1. The molecule has 7 heteroatoms. The number of likely N-dealkylation sites (tertiary alicyclic amines) is 1. The van der Waals surface area contributed by atoms with Gasteiger partial charge in [0, 0.05) is 25.9 Å². The Balaban J connectivity index is 2.09. The van der Waals surface area contributed by atoms with E-state index in [2.05, 4.69) is 4.98 Å². The van der Waals surface area contributed by atoms with E-state index in [0.717, 1.165) is 12.8 Å². The van der Waals surface area contributed by atoms with Crippen LogP contribution in [-0.2, 0) is 0 Å². The zero-order chi connectivity index (χ0) is 14.5. The van der Waals surface area contributed by atoms with E-state index in [0.29, 0.717) is 24.9 Å². The number of carbonyl (C=O) groups excluding carboxylic acids is 1. The van der Waals surface area contributed by atoms with Crippen molar-refractivity contribution in [1.29, 1.82) is 0 Å². The minimum atomic E-state index is -2.60. The molecule has 1 fully saturated rings. The minimum absolute atomic E-state index is 0.0665. The number of thioether (sulfide) groups is 1. The van der Waals surface area contributed by atoms with Gasteiger partial charge >= 0.3 is 0 Å². The molecule has 1 aromatic heterocycles. The summed E-state index contributed by atoms with van der Waals surface area (Å²) >= 11 is 0.290. The molecule has 1 N–H and O–H groups in total. The van der Waals surface area contributed by atoms with E-state index in [4.69, 9.17) is 5.11 Å². The zero-order valence-electron chi connectivity index (χ0n) is 10.8.